The Kier molecular flexibility index (Phi) is 8.59. The maximum atomic E-state index is 13.1. The van der Waals surface area contributed by atoms with Crippen LogP contribution >= 0.6 is 0 Å². The van der Waals surface area contributed by atoms with E-state index in [0.29, 0.717) is 37.8 Å². The summed E-state index contributed by atoms with van der Waals surface area (Å²) in [7, 11) is 0. The lowest BCUT2D eigenvalue weighted by atomic mass is 9.91. The Bertz CT molecular complexity index is 1590. The number of carbonyl (C=O) groups is 1. The van der Waals surface area contributed by atoms with Crippen molar-refractivity contribution in [2.45, 2.75) is 49.1 Å². The summed E-state index contributed by atoms with van der Waals surface area (Å²) in [6.07, 6.45) is -9.72. The highest BCUT2D eigenvalue weighted by molar-refractivity contribution is 5.84. The van der Waals surface area contributed by atoms with Crippen LogP contribution in [0.2, 0.25) is 0 Å². The monoisotopic (exact) mass is 627 g/mol. The van der Waals surface area contributed by atoms with Gasteiger partial charge in [0.2, 0.25) is 5.95 Å². The quantitative estimate of drug-likeness (QED) is 0.202. The Morgan fingerprint density at radius 3 is 2.36 bits per heavy atom. The smallest absolute Gasteiger partial charge is 0.448 e. The van der Waals surface area contributed by atoms with Gasteiger partial charge in [-0.3, -0.25) is 4.57 Å². The number of hydrogen-bond donors (Lipinski definition) is 4. The van der Waals surface area contributed by atoms with Gasteiger partial charge >= 0.3 is 12.1 Å². The van der Waals surface area contributed by atoms with Crippen molar-refractivity contribution >= 4 is 28.9 Å². The van der Waals surface area contributed by atoms with Crippen molar-refractivity contribution in [1.29, 1.82) is 0 Å². The summed E-state index contributed by atoms with van der Waals surface area (Å²) in [6, 6.07) is 19.7. The third-order valence-electron chi connectivity index (χ3n) is 8.04. The molecule has 0 saturated carbocycles. The van der Waals surface area contributed by atoms with E-state index in [0.717, 1.165) is 11.1 Å². The van der Waals surface area contributed by atoms with E-state index in [9.17, 15) is 28.2 Å². The third-order valence-corrected chi connectivity index (χ3v) is 8.04. The average Bonchev–Trinajstić information content (AvgIpc) is 3.75. The molecule has 238 valence electrons. The molecule has 0 bridgehead atoms. The molecule has 0 radical (unpaired) electrons. The second-order valence-corrected chi connectivity index (χ2v) is 11.1. The number of carbonyl (C=O) groups excluding carboxylic acids is 1. The van der Waals surface area contributed by atoms with Gasteiger partial charge in [0, 0.05) is 31.6 Å². The highest BCUT2D eigenvalue weighted by Crippen LogP contribution is 2.37. The van der Waals surface area contributed by atoms with E-state index < -0.39 is 43.3 Å². The van der Waals surface area contributed by atoms with Gasteiger partial charge in [-0.1, -0.05) is 60.7 Å². The molecule has 2 aliphatic heterocycles. The number of fused-ring (bicyclic) bond motifs is 1. The minimum atomic E-state index is -5.31. The molecule has 2 aliphatic rings. The highest BCUT2D eigenvalue weighted by Gasteiger charge is 2.51. The van der Waals surface area contributed by atoms with E-state index in [2.05, 4.69) is 20.0 Å². The number of aliphatic hydroxyl groups excluding tert-OH is 2. The first-order valence-corrected chi connectivity index (χ1v) is 14.4. The van der Waals surface area contributed by atoms with Crippen LogP contribution in [0.3, 0.4) is 0 Å². The van der Waals surface area contributed by atoms with Gasteiger partial charge in [-0.15, -0.1) is 0 Å². The number of benzene rings is 2. The molecule has 0 spiro atoms. The lowest BCUT2D eigenvalue weighted by Gasteiger charge is -2.23. The fourth-order valence-corrected chi connectivity index (χ4v) is 5.73. The lowest BCUT2D eigenvalue weighted by molar-refractivity contribution is -0.211. The van der Waals surface area contributed by atoms with E-state index in [-0.39, 0.29) is 23.1 Å². The summed E-state index contributed by atoms with van der Waals surface area (Å²) in [5.41, 5.74) is 8.71. The Labute approximate surface area is 255 Å². The van der Waals surface area contributed by atoms with Crippen LogP contribution in [0.15, 0.2) is 67.0 Å². The number of nitrogens with one attached hydrogen (secondary N) is 1. The Morgan fingerprint density at radius 2 is 1.78 bits per heavy atom. The number of anilines is 2. The summed E-state index contributed by atoms with van der Waals surface area (Å²) < 4.78 is 51.0. The number of aromatic nitrogens is 4. The van der Waals surface area contributed by atoms with Gasteiger partial charge in [0.25, 0.3) is 0 Å². The number of hydrogen-bond acceptors (Lipinski definition) is 11. The average molecular weight is 628 g/mol. The number of rotatable bonds is 9. The molecule has 2 aromatic carbocycles. The second kappa shape index (κ2) is 12.6. The molecule has 2 saturated heterocycles. The zero-order valence-corrected chi connectivity index (χ0v) is 23.9. The molecule has 0 amide bonds. The number of nitrogens with two attached hydrogens (primary N) is 1. The standard InChI is InChI=1S/C30H32F3N7O5/c31-30(32,33)28(43)45-24-23(42)21(15-41)44-27(24)40-16-36-22-25(37-29(38-26(22)40)39-12-11-19(34)14-39)35-13-20(17-7-3-1-4-8-17)18-9-5-2-6-10-18/h1-10,16,19-21,23-24,27,41-42H,11-15,34H2,(H,35,37,38)/t19-,21+,23+,24+,27+/m0/s1. The van der Waals surface area contributed by atoms with Crippen LogP contribution in [-0.2, 0) is 14.3 Å². The summed E-state index contributed by atoms with van der Waals surface area (Å²) >= 11 is 0. The third kappa shape index (κ3) is 6.29. The first-order chi connectivity index (χ1) is 21.6. The summed E-state index contributed by atoms with van der Waals surface area (Å²) in [4.78, 5) is 27.6. The van der Waals surface area contributed by atoms with Crippen molar-refractivity contribution in [3.05, 3.63) is 78.1 Å². The van der Waals surface area contributed by atoms with Crippen molar-refractivity contribution in [2.75, 3.05) is 36.5 Å². The Balaban J connectivity index is 1.39. The summed E-state index contributed by atoms with van der Waals surface area (Å²) in [5, 5.41) is 23.8. The van der Waals surface area contributed by atoms with Crippen molar-refractivity contribution < 1.29 is 37.7 Å². The number of halogens is 3. The van der Waals surface area contributed by atoms with Gasteiger partial charge in [0.15, 0.2) is 29.3 Å². The van der Waals surface area contributed by atoms with Crippen molar-refractivity contribution in [3.8, 4) is 0 Å². The van der Waals surface area contributed by atoms with E-state index in [1.807, 2.05) is 65.6 Å². The van der Waals surface area contributed by atoms with Crippen LogP contribution in [0.4, 0.5) is 24.9 Å². The van der Waals surface area contributed by atoms with Gasteiger partial charge in [-0.05, 0) is 17.5 Å². The number of nitrogens with zero attached hydrogens (tertiary/aromatic N) is 5. The first kappa shape index (κ1) is 30.7. The van der Waals surface area contributed by atoms with Gasteiger partial charge in [0.1, 0.15) is 12.2 Å². The molecule has 2 aromatic heterocycles. The molecule has 6 rings (SSSR count). The van der Waals surface area contributed by atoms with Crippen LogP contribution in [0.1, 0.15) is 29.7 Å². The zero-order valence-electron chi connectivity index (χ0n) is 23.9. The molecule has 5 atom stereocenters. The van der Waals surface area contributed by atoms with Gasteiger partial charge < -0.3 is 35.6 Å². The van der Waals surface area contributed by atoms with Gasteiger partial charge in [0.05, 0.1) is 12.9 Å². The van der Waals surface area contributed by atoms with Gasteiger partial charge in [-0.25, -0.2) is 9.78 Å². The second-order valence-electron chi connectivity index (χ2n) is 11.1. The predicted octanol–water partition coefficient (Wildman–Crippen LogP) is 2.33. The maximum Gasteiger partial charge on any atom is 0.490 e. The molecule has 4 aromatic rings. The van der Waals surface area contributed by atoms with Crippen LogP contribution in [0, 0.1) is 0 Å². The molecular weight excluding hydrogens is 595 g/mol. The van der Waals surface area contributed by atoms with E-state index >= 15 is 0 Å². The molecule has 12 nitrogen and oxygen atoms in total. The van der Waals surface area contributed by atoms with Crippen LogP contribution in [0.5, 0.6) is 0 Å². The number of imidazole rings is 1. The Morgan fingerprint density at radius 1 is 1.11 bits per heavy atom. The molecule has 15 heteroatoms. The molecule has 5 N–H and O–H groups in total. The normalized spacial score (nSPS) is 23.6. The maximum absolute atomic E-state index is 13.1. The van der Waals surface area contributed by atoms with Crippen LogP contribution < -0.4 is 16.0 Å². The van der Waals surface area contributed by atoms with Crippen LogP contribution in [-0.4, -0.2) is 92.5 Å². The molecule has 4 heterocycles. The first-order valence-electron chi connectivity index (χ1n) is 14.4. The number of ether oxygens (including phenoxy) is 2. The van der Waals surface area contributed by atoms with Crippen molar-refractivity contribution in [2.24, 2.45) is 5.73 Å². The fourth-order valence-electron chi connectivity index (χ4n) is 5.73. The fraction of sp³-hybridized carbons (Fsp3) is 0.400. The largest absolute Gasteiger partial charge is 0.490 e. The minimum absolute atomic E-state index is 0.0760. The molecular formula is C30H32F3N7O5. The minimum Gasteiger partial charge on any atom is -0.448 e. The molecule has 0 aliphatic carbocycles. The van der Waals surface area contributed by atoms with Gasteiger partial charge in [-0.2, -0.15) is 23.1 Å². The number of alkyl halides is 3. The zero-order chi connectivity index (χ0) is 31.7. The predicted molar refractivity (Wildman–Crippen MR) is 156 cm³/mol. The Hall–Kier alpha value is -4.31. The topological polar surface area (TPSA) is 161 Å². The van der Waals surface area contributed by atoms with E-state index in [4.69, 9.17) is 15.5 Å². The summed E-state index contributed by atoms with van der Waals surface area (Å²) in [5.74, 6) is -1.92. The van der Waals surface area contributed by atoms with Crippen molar-refractivity contribution in [3.63, 3.8) is 0 Å². The molecule has 45 heavy (non-hydrogen) atoms. The lowest BCUT2D eigenvalue weighted by Crippen LogP contribution is -2.40. The van der Waals surface area contributed by atoms with E-state index in [1.54, 1.807) is 0 Å². The molecule has 2 fully saturated rings. The number of esters is 1. The summed E-state index contributed by atoms with van der Waals surface area (Å²) in [6.45, 7) is 0.729. The SMILES string of the molecule is N[C@H]1CCN(c2nc(NCC(c3ccccc3)c3ccccc3)c3ncn([C@@H]4O[C@H](CO)[C@@H](O)[C@H]4OC(=O)C(F)(F)F)c3n2)C1. The number of aliphatic hydroxyl groups is 2. The van der Waals surface area contributed by atoms with Crippen LogP contribution in [0.25, 0.3) is 11.2 Å². The highest BCUT2D eigenvalue weighted by atomic mass is 19.4. The van der Waals surface area contributed by atoms with Crippen molar-refractivity contribution in [1.82, 2.24) is 19.5 Å². The molecule has 0 unspecified atom stereocenters. The van der Waals surface area contributed by atoms with E-state index in [1.165, 1.54) is 10.9 Å².